The van der Waals surface area contributed by atoms with E-state index in [0.717, 1.165) is 77.4 Å². The van der Waals surface area contributed by atoms with E-state index < -0.39 is 6.09 Å². The molecule has 4 aromatic rings. The number of aromatic amines is 2. The minimum absolute atomic E-state index is 0.0202. The van der Waals surface area contributed by atoms with Crippen molar-refractivity contribution in [3.8, 4) is 39.4 Å². The number of nitrogens with zero attached hydrogens (tertiary/aromatic N) is 3. The molecule has 362 valence electrons. The van der Waals surface area contributed by atoms with Gasteiger partial charge in [0, 0.05) is 41.8 Å². The van der Waals surface area contributed by atoms with Gasteiger partial charge in [0.25, 0.3) is 12.9 Å². The second-order valence-corrected chi connectivity index (χ2v) is 15.5. The van der Waals surface area contributed by atoms with Crippen LogP contribution >= 0.6 is 0 Å². The number of carbonyl (C=O) groups is 5. The van der Waals surface area contributed by atoms with Crippen molar-refractivity contribution in [3.63, 3.8) is 0 Å². The summed E-state index contributed by atoms with van der Waals surface area (Å²) in [6, 6.07) is 11.4. The highest BCUT2D eigenvalue weighted by molar-refractivity contribution is 5.95. The minimum Gasteiger partial charge on any atom is -0.491 e. The van der Waals surface area contributed by atoms with Crippen LogP contribution in [-0.2, 0) is 44.5 Å². The number of cyclic esters (lactones) is 1. The molecule has 0 spiro atoms. The van der Waals surface area contributed by atoms with E-state index >= 15 is 0 Å². The summed E-state index contributed by atoms with van der Waals surface area (Å²) < 4.78 is 25.1. The van der Waals surface area contributed by atoms with Gasteiger partial charge in [-0.2, -0.15) is 0 Å². The Morgan fingerprint density at radius 3 is 2.18 bits per heavy atom. The molecule has 66 heavy (non-hydrogen) atoms. The van der Waals surface area contributed by atoms with Crippen molar-refractivity contribution in [2.45, 2.75) is 78.3 Å². The molecule has 2 unspecified atom stereocenters. The number of aromatic nitrogens is 4. The number of imidazole rings is 2. The van der Waals surface area contributed by atoms with Crippen LogP contribution in [-0.4, -0.2) is 136 Å². The highest BCUT2D eigenvalue weighted by Gasteiger charge is 2.36. The molecule has 6 N–H and O–H groups in total. The number of likely N-dealkylation sites (N-methyl/N-ethyl adjacent to an activating group) is 2. The van der Waals surface area contributed by atoms with Gasteiger partial charge in [0.2, 0.25) is 11.8 Å². The van der Waals surface area contributed by atoms with Gasteiger partial charge >= 0.3 is 6.09 Å². The van der Waals surface area contributed by atoms with Gasteiger partial charge in [-0.05, 0) is 63.9 Å². The molecule has 2 aromatic heterocycles. The SMILES string of the molecule is CCC.CNCC(=O)NCCCCc1ncc(-c2ccc3c(c2)NC(=O)OCCOCCOc2cc(-c4cnc(C5CCCN5C(=O)C(NC)C(C)C)[nH]4)ccc2-3)[nH]1.COC=O.COC=O. The van der Waals surface area contributed by atoms with E-state index in [1.165, 1.54) is 20.6 Å². The molecule has 19 nitrogen and oxygen atoms in total. The van der Waals surface area contributed by atoms with Gasteiger partial charge in [0.05, 0.1) is 75.5 Å². The van der Waals surface area contributed by atoms with E-state index in [0.29, 0.717) is 57.2 Å². The third kappa shape index (κ3) is 16.9. The van der Waals surface area contributed by atoms with E-state index in [2.05, 4.69) is 59.5 Å². The average molecular weight is 920 g/mol. The van der Waals surface area contributed by atoms with Gasteiger partial charge in [0.1, 0.15) is 30.6 Å². The number of methoxy groups -OCH3 is 2. The van der Waals surface area contributed by atoms with Crippen molar-refractivity contribution in [1.82, 2.24) is 40.8 Å². The van der Waals surface area contributed by atoms with Crippen molar-refractivity contribution in [3.05, 3.63) is 60.4 Å². The first-order chi connectivity index (χ1) is 32.0. The van der Waals surface area contributed by atoms with Crippen LogP contribution in [0.2, 0.25) is 0 Å². The molecule has 6 rings (SSSR count). The predicted octanol–water partition coefficient (Wildman–Crippen LogP) is 5.65. The summed E-state index contributed by atoms with van der Waals surface area (Å²) >= 11 is 0. The fourth-order valence-corrected chi connectivity index (χ4v) is 7.13. The van der Waals surface area contributed by atoms with E-state index in [4.69, 9.17) is 28.8 Å². The maximum atomic E-state index is 13.5. The van der Waals surface area contributed by atoms with Crippen molar-refractivity contribution in [1.29, 1.82) is 0 Å². The lowest BCUT2D eigenvalue weighted by Crippen LogP contribution is -2.47. The zero-order valence-corrected chi connectivity index (χ0v) is 39.6. The fourth-order valence-electron chi connectivity index (χ4n) is 7.13. The molecule has 2 aliphatic heterocycles. The summed E-state index contributed by atoms with van der Waals surface area (Å²) in [6.07, 6.45) is 8.43. The summed E-state index contributed by atoms with van der Waals surface area (Å²) in [7, 11) is 6.20. The smallest absolute Gasteiger partial charge is 0.411 e. The first-order valence-corrected chi connectivity index (χ1v) is 22.3. The number of nitrogens with one attached hydrogen (secondary N) is 6. The Hall–Kier alpha value is -6.31. The summed E-state index contributed by atoms with van der Waals surface area (Å²) in [5, 5.41) is 11.9. The van der Waals surface area contributed by atoms with Crippen LogP contribution < -0.4 is 26.0 Å². The summed E-state index contributed by atoms with van der Waals surface area (Å²) in [6.45, 7) is 11.7. The molecular formula is C47H69N9O10. The Morgan fingerprint density at radius 1 is 0.894 bits per heavy atom. The van der Waals surface area contributed by atoms with Crippen LogP contribution in [0.15, 0.2) is 48.8 Å². The molecular weight excluding hydrogens is 851 g/mol. The molecule has 2 aliphatic rings. The predicted molar refractivity (Wildman–Crippen MR) is 252 cm³/mol. The Labute approximate surface area is 387 Å². The molecule has 1 saturated heterocycles. The average Bonchev–Trinajstić information content (AvgIpc) is 4.11. The topological polar surface area (TPSA) is 240 Å². The molecule has 0 aliphatic carbocycles. The number of hydrogen-bond acceptors (Lipinski definition) is 14. The monoisotopic (exact) mass is 920 g/mol. The summed E-state index contributed by atoms with van der Waals surface area (Å²) in [4.78, 5) is 74.2. The molecule has 0 saturated carbocycles. The van der Waals surface area contributed by atoms with Gasteiger partial charge in [-0.25, -0.2) is 14.8 Å². The number of H-pyrrole nitrogens is 2. The van der Waals surface area contributed by atoms with Gasteiger partial charge in [-0.3, -0.25) is 24.5 Å². The third-order valence-electron chi connectivity index (χ3n) is 10.1. The van der Waals surface area contributed by atoms with E-state index in [1.54, 1.807) is 19.4 Å². The van der Waals surface area contributed by atoms with Crippen LogP contribution in [0.1, 0.15) is 77.5 Å². The molecule has 3 amide bonds. The number of rotatable bonds is 15. The van der Waals surface area contributed by atoms with Crippen LogP contribution in [0.5, 0.6) is 5.75 Å². The quantitative estimate of drug-likeness (QED) is 0.0480. The number of hydrogen-bond donors (Lipinski definition) is 6. The van der Waals surface area contributed by atoms with Crippen LogP contribution in [0, 0.1) is 5.92 Å². The number of fused-ring (bicyclic) bond motifs is 3. The van der Waals surface area contributed by atoms with Crippen LogP contribution in [0.3, 0.4) is 0 Å². The molecule has 4 heterocycles. The third-order valence-corrected chi connectivity index (χ3v) is 10.1. The number of carbonyl (C=O) groups excluding carboxylic acids is 5. The van der Waals surface area contributed by atoms with E-state index in [1.807, 2.05) is 62.2 Å². The maximum absolute atomic E-state index is 13.5. The molecule has 2 atom stereocenters. The zero-order chi connectivity index (χ0) is 48.3. The number of ether oxygens (including phenoxy) is 5. The highest BCUT2D eigenvalue weighted by Crippen LogP contribution is 2.40. The highest BCUT2D eigenvalue weighted by atomic mass is 16.6. The molecule has 1 fully saturated rings. The standard InChI is InChI=1S/C40H53N9O6.C3H8.2C2H4O2/c1-25(2)37(42-4)39(51)49-15-7-8-33(49)38-45-23-32(47-38)27-11-13-29-28-12-10-26(31-22-44-35(46-31)9-5-6-14-43-36(50)24-41-3)20-30(28)48-40(52)55-19-17-53-16-18-54-34(29)21-27;1-3-2;2*1-4-2-3/h10-13,20-23,25,33,37,41-42H,5-9,14-19,24H2,1-4H3,(H,43,50)(H,44,46)(H,45,47)(H,48,52);3H2,1-2H3;2*2H,1H3. The number of likely N-dealkylation sites (tertiary alicyclic amines) is 1. The van der Waals surface area contributed by atoms with Gasteiger partial charge in [-0.15, -0.1) is 0 Å². The van der Waals surface area contributed by atoms with Gasteiger partial charge in [-0.1, -0.05) is 52.3 Å². The first kappa shape index (κ1) is 54.0. The first-order valence-electron chi connectivity index (χ1n) is 22.3. The Morgan fingerprint density at radius 2 is 1.53 bits per heavy atom. The Kier molecular flexibility index (Phi) is 24.6. The van der Waals surface area contributed by atoms with E-state index in [9.17, 15) is 14.4 Å². The number of aryl methyl sites for hydroxylation is 1. The van der Waals surface area contributed by atoms with Gasteiger partial charge < -0.3 is 54.5 Å². The number of anilines is 1. The van der Waals surface area contributed by atoms with Crippen molar-refractivity contribution >= 4 is 36.5 Å². The Bertz CT molecular complexity index is 2080. The Balaban J connectivity index is 0.000000949. The normalized spacial score (nSPS) is 14.9. The second kappa shape index (κ2) is 30.0. The summed E-state index contributed by atoms with van der Waals surface area (Å²) in [5.74, 6) is 2.45. The zero-order valence-electron chi connectivity index (χ0n) is 39.6. The lowest BCUT2D eigenvalue weighted by atomic mass is 9.97. The lowest BCUT2D eigenvalue weighted by molar-refractivity contribution is -0.135. The van der Waals surface area contributed by atoms with Crippen molar-refractivity contribution in [2.75, 3.05) is 79.7 Å². The number of unbranched alkanes of at least 4 members (excludes halogenated alkanes) is 1. The summed E-state index contributed by atoms with van der Waals surface area (Å²) in [5.41, 5.74) is 5.38. The molecule has 0 bridgehead atoms. The molecule has 2 aromatic carbocycles. The van der Waals surface area contributed by atoms with Gasteiger partial charge in [0.15, 0.2) is 0 Å². The lowest BCUT2D eigenvalue weighted by Gasteiger charge is -2.29. The largest absolute Gasteiger partial charge is 0.491 e. The molecule has 19 heteroatoms. The minimum atomic E-state index is -0.591. The van der Waals surface area contributed by atoms with Crippen molar-refractivity contribution in [2.24, 2.45) is 5.92 Å². The second-order valence-electron chi connectivity index (χ2n) is 15.5. The maximum Gasteiger partial charge on any atom is 0.411 e. The van der Waals surface area contributed by atoms with E-state index in [-0.39, 0.29) is 43.0 Å². The van der Waals surface area contributed by atoms with Crippen LogP contribution in [0.25, 0.3) is 33.6 Å². The number of benzene rings is 2. The molecule has 0 radical (unpaired) electrons. The number of amides is 3. The van der Waals surface area contributed by atoms with Crippen molar-refractivity contribution < 1.29 is 47.7 Å². The fraction of sp³-hybridized carbons (Fsp3) is 0.511. The van der Waals surface area contributed by atoms with Crippen LogP contribution in [0.4, 0.5) is 10.5 Å².